The second kappa shape index (κ2) is 5.23. The molecule has 2 N–H and O–H groups in total. The first-order chi connectivity index (χ1) is 9.20. The fourth-order valence-corrected chi connectivity index (χ4v) is 1.93. The molecule has 2 aromatic rings. The molecule has 1 aliphatic rings. The Hall–Kier alpha value is -1.52. The van der Waals surface area contributed by atoms with Crippen molar-refractivity contribution in [3.05, 3.63) is 40.5 Å². The number of nitrogens with one attached hydrogen (secondary N) is 2. The largest absolute Gasteiger partial charge is 0.351 e. The van der Waals surface area contributed by atoms with E-state index in [1.165, 1.54) is 12.8 Å². The summed E-state index contributed by atoms with van der Waals surface area (Å²) in [7, 11) is 0. The van der Waals surface area contributed by atoms with Gasteiger partial charge >= 0.3 is 0 Å². The number of rotatable bonds is 4. The molecule has 98 valence electrons. The average molecular weight is 295 g/mol. The number of halogens is 2. The molecule has 1 aromatic heterocycles. The highest BCUT2D eigenvalue weighted by Crippen LogP contribution is 2.27. The third-order valence-electron chi connectivity index (χ3n) is 2.76. The van der Waals surface area contributed by atoms with Crippen LogP contribution in [0.4, 0.5) is 17.5 Å². The van der Waals surface area contributed by atoms with E-state index in [0.717, 1.165) is 11.5 Å². The first kappa shape index (κ1) is 12.5. The molecule has 1 saturated carbocycles. The Balaban J connectivity index is 1.75. The average Bonchev–Trinajstić information content (AvgIpc) is 3.18. The molecule has 0 spiro atoms. The summed E-state index contributed by atoms with van der Waals surface area (Å²) in [4.78, 5) is 8.57. The molecular formula is C13H12Cl2N4. The van der Waals surface area contributed by atoms with Gasteiger partial charge in [0.15, 0.2) is 0 Å². The Morgan fingerprint density at radius 3 is 2.68 bits per heavy atom. The van der Waals surface area contributed by atoms with Gasteiger partial charge in [0, 0.05) is 17.9 Å². The van der Waals surface area contributed by atoms with Crippen molar-refractivity contribution >= 4 is 40.7 Å². The molecule has 0 aliphatic heterocycles. The normalized spacial score (nSPS) is 14.2. The van der Waals surface area contributed by atoms with Crippen LogP contribution in [0.15, 0.2) is 30.5 Å². The second-order valence-corrected chi connectivity index (χ2v) is 5.25. The van der Waals surface area contributed by atoms with Crippen molar-refractivity contribution in [1.29, 1.82) is 0 Å². The molecule has 1 aromatic carbocycles. The van der Waals surface area contributed by atoms with Crippen LogP contribution in [0, 0.1) is 0 Å². The molecule has 1 heterocycles. The molecule has 0 radical (unpaired) electrons. The molecule has 19 heavy (non-hydrogen) atoms. The summed E-state index contributed by atoms with van der Waals surface area (Å²) >= 11 is 11.8. The van der Waals surface area contributed by atoms with Gasteiger partial charge in [-0.15, -0.1) is 0 Å². The number of hydrogen-bond acceptors (Lipinski definition) is 4. The molecule has 3 rings (SSSR count). The van der Waals surface area contributed by atoms with E-state index < -0.39 is 0 Å². The Labute approximate surface area is 121 Å². The van der Waals surface area contributed by atoms with Crippen molar-refractivity contribution in [2.24, 2.45) is 0 Å². The lowest BCUT2D eigenvalue weighted by Crippen LogP contribution is -2.06. The highest BCUT2D eigenvalue weighted by Gasteiger charge is 2.21. The Kier molecular flexibility index (Phi) is 3.44. The highest BCUT2D eigenvalue weighted by molar-refractivity contribution is 6.42. The molecule has 0 bridgehead atoms. The van der Waals surface area contributed by atoms with Gasteiger partial charge in [-0.1, -0.05) is 23.2 Å². The van der Waals surface area contributed by atoms with Gasteiger partial charge in [0.05, 0.1) is 10.0 Å². The molecule has 0 saturated heterocycles. The van der Waals surface area contributed by atoms with Crippen molar-refractivity contribution in [2.45, 2.75) is 18.9 Å². The SMILES string of the molecule is Clc1ccc(Nc2ccnc(NC3CC3)n2)cc1Cl. The number of hydrogen-bond donors (Lipinski definition) is 2. The van der Waals surface area contributed by atoms with Gasteiger partial charge in [-0.25, -0.2) is 4.98 Å². The minimum atomic E-state index is 0.511. The molecule has 0 amide bonds. The van der Waals surface area contributed by atoms with Gasteiger partial charge in [0.25, 0.3) is 0 Å². The van der Waals surface area contributed by atoms with Gasteiger partial charge in [-0.3, -0.25) is 0 Å². The van der Waals surface area contributed by atoms with Gasteiger partial charge in [0.1, 0.15) is 5.82 Å². The number of anilines is 3. The topological polar surface area (TPSA) is 49.8 Å². The van der Waals surface area contributed by atoms with E-state index in [2.05, 4.69) is 20.6 Å². The maximum absolute atomic E-state index is 5.97. The highest BCUT2D eigenvalue weighted by atomic mass is 35.5. The van der Waals surface area contributed by atoms with Crippen molar-refractivity contribution < 1.29 is 0 Å². The molecule has 6 heteroatoms. The van der Waals surface area contributed by atoms with Crippen LogP contribution >= 0.6 is 23.2 Å². The van der Waals surface area contributed by atoms with Gasteiger partial charge in [0.2, 0.25) is 5.95 Å². The van der Waals surface area contributed by atoms with E-state index in [1.807, 2.05) is 6.07 Å². The lowest BCUT2D eigenvalue weighted by Gasteiger charge is -2.08. The molecule has 4 nitrogen and oxygen atoms in total. The zero-order valence-electron chi connectivity index (χ0n) is 10.0. The number of benzene rings is 1. The summed E-state index contributed by atoms with van der Waals surface area (Å²) < 4.78 is 0. The van der Waals surface area contributed by atoms with Crippen LogP contribution in [0.5, 0.6) is 0 Å². The van der Waals surface area contributed by atoms with Crippen molar-refractivity contribution in [3.63, 3.8) is 0 Å². The quantitative estimate of drug-likeness (QED) is 0.891. The van der Waals surface area contributed by atoms with Crippen molar-refractivity contribution in [3.8, 4) is 0 Å². The second-order valence-electron chi connectivity index (χ2n) is 4.44. The standard InChI is InChI=1S/C13H12Cl2N4/c14-10-4-3-9(7-11(10)15)17-12-5-6-16-13(19-12)18-8-1-2-8/h3-8H,1-2H2,(H2,16,17,18,19). The van der Waals surface area contributed by atoms with E-state index >= 15 is 0 Å². The molecule has 1 aliphatic carbocycles. The van der Waals surface area contributed by atoms with Crippen LogP contribution in [-0.2, 0) is 0 Å². The maximum atomic E-state index is 5.97. The number of nitrogens with zero attached hydrogens (tertiary/aromatic N) is 2. The zero-order chi connectivity index (χ0) is 13.2. The van der Waals surface area contributed by atoms with Crippen LogP contribution in [0.2, 0.25) is 10.0 Å². The van der Waals surface area contributed by atoms with E-state index in [4.69, 9.17) is 23.2 Å². The Morgan fingerprint density at radius 1 is 1.11 bits per heavy atom. The third-order valence-corrected chi connectivity index (χ3v) is 3.50. The van der Waals surface area contributed by atoms with Crippen LogP contribution in [0.25, 0.3) is 0 Å². The lowest BCUT2D eigenvalue weighted by molar-refractivity contribution is 1.05. The molecule has 0 atom stereocenters. The summed E-state index contributed by atoms with van der Waals surface area (Å²) in [5.74, 6) is 1.36. The number of aromatic nitrogens is 2. The van der Waals surface area contributed by atoms with Gasteiger partial charge < -0.3 is 10.6 Å². The molecular weight excluding hydrogens is 283 g/mol. The predicted octanol–water partition coefficient (Wildman–Crippen LogP) is 4.10. The van der Waals surface area contributed by atoms with Crippen LogP contribution < -0.4 is 10.6 Å². The fourth-order valence-electron chi connectivity index (χ4n) is 1.63. The van der Waals surface area contributed by atoms with Gasteiger partial charge in [-0.05, 0) is 37.1 Å². The fraction of sp³-hybridized carbons (Fsp3) is 0.231. The maximum Gasteiger partial charge on any atom is 0.224 e. The minimum Gasteiger partial charge on any atom is -0.351 e. The summed E-state index contributed by atoms with van der Waals surface area (Å²) in [6.45, 7) is 0. The summed E-state index contributed by atoms with van der Waals surface area (Å²) in [5.41, 5.74) is 0.838. The third kappa shape index (κ3) is 3.28. The van der Waals surface area contributed by atoms with E-state index in [1.54, 1.807) is 24.4 Å². The minimum absolute atomic E-state index is 0.511. The van der Waals surface area contributed by atoms with Crippen LogP contribution in [0.1, 0.15) is 12.8 Å². The molecule has 1 fully saturated rings. The Morgan fingerprint density at radius 2 is 1.95 bits per heavy atom. The van der Waals surface area contributed by atoms with E-state index in [-0.39, 0.29) is 0 Å². The van der Waals surface area contributed by atoms with E-state index in [9.17, 15) is 0 Å². The zero-order valence-corrected chi connectivity index (χ0v) is 11.5. The van der Waals surface area contributed by atoms with Crippen LogP contribution in [-0.4, -0.2) is 16.0 Å². The van der Waals surface area contributed by atoms with Crippen LogP contribution in [0.3, 0.4) is 0 Å². The predicted molar refractivity (Wildman–Crippen MR) is 78.4 cm³/mol. The van der Waals surface area contributed by atoms with E-state index in [0.29, 0.717) is 22.0 Å². The first-order valence-corrected chi connectivity index (χ1v) is 6.78. The first-order valence-electron chi connectivity index (χ1n) is 6.02. The van der Waals surface area contributed by atoms with Crippen molar-refractivity contribution in [1.82, 2.24) is 9.97 Å². The monoisotopic (exact) mass is 294 g/mol. The van der Waals surface area contributed by atoms with Crippen molar-refractivity contribution in [2.75, 3.05) is 10.6 Å². The Bertz CT molecular complexity index is 599. The lowest BCUT2D eigenvalue weighted by atomic mass is 10.3. The molecule has 0 unspecified atom stereocenters. The summed E-state index contributed by atoms with van der Waals surface area (Å²) in [6, 6.07) is 7.70. The smallest absolute Gasteiger partial charge is 0.224 e. The van der Waals surface area contributed by atoms with Gasteiger partial charge in [-0.2, -0.15) is 4.98 Å². The summed E-state index contributed by atoms with van der Waals surface area (Å²) in [5, 5.41) is 7.47. The summed E-state index contributed by atoms with van der Waals surface area (Å²) in [6.07, 6.45) is 4.10.